The summed E-state index contributed by atoms with van der Waals surface area (Å²) in [4.78, 5) is 9.48. The third kappa shape index (κ3) is 3.10. The number of aromatic nitrogens is 2. The van der Waals surface area contributed by atoms with Gasteiger partial charge in [0.1, 0.15) is 5.82 Å². The highest BCUT2D eigenvalue weighted by Gasteiger charge is 2.09. The molecule has 0 aliphatic heterocycles. The van der Waals surface area contributed by atoms with Crippen LogP contribution in [0.5, 0.6) is 0 Å². The van der Waals surface area contributed by atoms with Crippen LogP contribution in [-0.4, -0.2) is 9.97 Å². The molecule has 4 aromatic rings. The minimum absolute atomic E-state index is 0.724. The first-order valence-electron chi connectivity index (χ1n) is 7.64. The summed E-state index contributed by atoms with van der Waals surface area (Å²) in [5, 5.41) is 4.45. The Bertz CT molecular complexity index is 1000. The minimum atomic E-state index is 0.724. The molecule has 4 heteroatoms. The van der Waals surface area contributed by atoms with Gasteiger partial charge in [-0.25, -0.2) is 9.97 Å². The average Bonchev–Trinajstić information content (AvgIpc) is 2.62. The summed E-state index contributed by atoms with van der Waals surface area (Å²) < 4.78 is 1.18. The van der Waals surface area contributed by atoms with E-state index in [9.17, 15) is 0 Å². The van der Waals surface area contributed by atoms with Crippen LogP contribution < -0.4 is 5.32 Å². The number of hydrogen-bond acceptors (Lipinski definition) is 3. The summed E-state index contributed by atoms with van der Waals surface area (Å²) in [6.07, 6.45) is 0. The fourth-order valence-electron chi connectivity index (χ4n) is 2.59. The van der Waals surface area contributed by atoms with Gasteiger partial charge in [-0.1, -0.05) is 48.5 Å². The minimum Gasteiger partial charge on any atom is -0.340 e. The van der Waals surface area contributed by atoms with Gasteiger partial charge in [0.15, 0.2) is 5.82 Å². The molecule has 116 valence electrons. The summed E-state index contributed by atoms with van der Waals surface area (Å²) in [6.45, 7) is 0. The van der Waals surface area contributed by atoms with Crippen LogP contribution in [0.4, 0.5) is 11.5 Å². The normalized spacial score (nSPS) is 10.7. The van der Waals surface area contributed by atoms with Crippen molar-refractivity contribution >= 4 is 45.0 Å². The largest absolute Gasteiger partial charge is 0.340 e. The Morgan fingerprint density at radius 2 is 1.54 bits per heavy atom. The summed E-state index contributed by atoms with van der Waals surface area (Å²) in [5.74, 6) is 1.55. The molecular formula is C20H14IN3. The van der Waals surface area contributed by atoms with Gasteiger partial charge in [0, 0.05) is 20.2 Å². The molecule has 0 aliphatic rings. The molecule has 0 saturated heterocycles. The van der Waals surface area contributed by atoms with Crippen molar-refractivity contribution in [1.29, 1.82) is 0 Å². The third-order valence-electron chi connectivity index (χ3n) is 3.72. The van der Waals surface area contributed by atoms with E-state index >= 15 is 0 Å². The zero-order valence-corrected chi connectivity index (χ0v) is 14.9. The standard InChI is InChI=1S/C20H14IN3/c21-15-9-6-10-16(13-15)22-20-17-11-4-5-12-18(17)23-19(24-20)14-7-2-1-3-8-14/h1-13H,(H,22,23,24). The molecule has 1 N–H and O–H groups in total. The van der Waals surface area contributed by atoms with Crippen molar-refractivity contribution in [2.75, 3.05) is 5.32 Å². The van der Waals surface area contributed by atoms with Crippen LogP contribution in [0.2, 0.25) is 0 Å². The van der Waals surface area contributed by atoms with E-state index in [-0.39, 0.29) is 0 Å². The Balaban J connectivity index is 1.86. The Kier molecular flexibility index (Phi) is 4.13. The number of hydrogen-bond donors (Lipinski definition) is 1. The van der Waals surface area contributed by atoms with E-state index in [4.69, 9.17) is 9.97 Å². The van der Waals surface area contributed by atoms with Crippen molar-refractivity contribution in [3.8, 4) is 11.4 Å². The van der Waals surface area contributed by atoms with Crippen LogP contribution in [0.15, 0.2) is 78.9 Å². The molecule has 0 unspecified atom stereocenters. The van der Waals surface area contributed by atoms with Crippen molar-refractivity contribution < 1.29 is 0 Å². The second kappa shape index (κ2) is 6.57. The van der Waals surface area contributed by atoms with E-state index in [0.717, 1.165) is 33.8 Å². The van der Waals surface area contributed by atoms with Crippen LogP contribution in [0, 0.1) is 3.57 Å². The molecule has 3 aromatic carbocycles. The zero-order valence-electron chi connectivity index (χ0n) is 12.8. The first-order chi connectivity index (χ1) is 11.8. The summed E-state index contributed by atoms with van der Waals surface area (Å²) >= 11 is 2.31. The Morgan fingerprint density at radius 3 is 2.38 bits per heavy atom. The Labute approximate surface area is 153 Å². The molecule has 0 spiro atoms. The van der Waals surface area contributed by atoms with Crippen molar-refractivity contribution in [2.45, 2.75) is 0 Å². The highest BCUT2D eigenvalue weighted by molar-refractivity contribution is 14.1. The number of fused-ring (bicyclic) bond motifs is 1. The van der Waals surface area contributed by atoms with E-state index in [2.05, 4.69) is 40.0 Å². The number of nitrogens with zero attached hydrogens (tertiary/aromatic N) is 2. The maximum atomic E-state index is 4.77. The molecule has 0 atom stereocenters. The molecule has 0 aliphatic carbocycles. The predicted octanol–water partition coefficient (Wildman–Crippen LogP) is 5.65. The molecule has 1 heterocycles. The molecule has 0 fully saturated rings. The van der Waals surface area contributed by atoms with Crippen LogP contribution in [0.25, 0.3) is 22.3 Å². The summed E-state index contributed by atoms with van der Waals surface area (Å²) in [6, 6.07) is 26.4. The molecule has 4 rings (SSSR count). The lowest BCUT2D eigenvalue weighted by atomic mass is 10.2. The monoisotopic (exact) mass is 423 g/mol. The lowest BCUT2D eigenvalue weighted by Crippen LogP contribution is -1.99. The second-order valence-electron chi connectivity index (χ2n) is 5.41. The molecule has 24 heavy (non-hydrogen) atoms. The predicted molar refractivity (Wildman–Crippen MR) is 107 cm³/mol. The molecule has 0 saturated carbocycles. The average molecular weight is 423 g/mol. The van der Waals surface area contributed by atoms with E-state index in [1.54, 1.807) is 0 Å². The maximum absolute atomic E-state index is 4.77. The lowest BCUT2D eigenvalue weighted by Gasteiger charge is -2.11. The van der Waals surface area contributed by atoms with Gasteiger partial charge in [-0.05, 0) is 52.9 Å². The summed E-state index contributed by atoms with van der Waals surface area (Å²) in [7, 11) is 0. The van der Waals surface area contributed by atoms with Crippen molar-refractivity contribution in [2.24, 2.45) is 0 Å². The molecule has 0 radical (unpaired) electrons. The Hall–Kier alpha value is -2.47. The quantitative estimate of drug-likeness (QED) is 0.433. The molecular weight excluding hydrogens is 409 g/mol. The number of anilines is 2. The molecule has 0 bridgehead atoms. The molecule has 1 aromatic heterocycles. The van der Waals surface area contributed by atoms with Gasteiger partial charge in [0.25, 0.3) is 0 Å². The van der Waals surface area contributed by atoms with Crippen molar-refractivity contribution in [3.63, 3.8) is 0 Å². The number of para-hydroxylation sites is 1. The van der Waals surface area contributed by atoms with Crippen LogP contribution in [-0.2, 0) is 0 Å². The van der Waals surface area contributed by atoms with E-state index in [0.29, 0.717) is 0 Å². The smallest absolute Gasteiger partial charge is 0.162 e. The lowest BCUT2D eigenvalue weighted by molar-refractivity contribution is 1.22. The first-order valence-corrected chi connectivity index (χ1v) is 8.72. The van der Waals surface area contributed by atoms with Gasteiger partial charge < -0.3 is 5.32 Å². The van der Waals surface area contributed by atoms with Crippen molar-refractivity contribution in [1.82, 2.24) is 9.97 Å². The van der Waals surface area contributed by atoms with Crippen LogP contribution in [0.1, 0.15) is 0 Å². The summed E-state index contributed by atoms with van der Waals surface area (Å²) in [5.41, 5.74) is 2.96. The van der Waals surface area contributed by atoms with Crippen LogP contribution in [0.3, 0.4) is 0 Å². The second-order valence-corrected chi connectivity index (χ2v) is 6.66. The van der Waals surface area contributed by atoms with Gasteiger partial charge in [-0.2, -0.15) is 0 Å². The van der Waals surface area contributed by atoms with Crippen LogP contribution >= 0.6 is 22.6 Å². The van der Waals surface area contributed by atoms with Gasteiger partial charge in [0.2, 0.25) is 0 Å². The highest BCUT2D eigenvalue weighted by Crippen LogP contribution is 2.27. The molecule has 3 nitrogen and oxygen atoms in total. The van der Waals surface area contributed by atoms with Gasteiger partial charge in [0.05, 0.1) is 5.52 Å². The number of benzene rings is 3. The highest BCUT2D eigenvalue weighted by atomic mass is 127. The Morgan fingerprint density at radius 1 is 0.750 bits per heavy atom. The SMILES string of the molecule is Ic1cccc(Nc2nc(-c3ccccc3)nc3ccccc23)c1. The maximum Gasteiger partial charge on any atom is 0.162 e. The fourth-order valence-corrected chi connectivity index (χ4v) is 3.13. The zero-order chi connectivity index (χ0) is 16.4. The topological polar surface area (TPSA) is 37.8 Å². The number of halogens is 1. The first kappa shape index (κ1) is 15.1. The van der Waals surface area contributed by atoms with E-state index < -0.39 is 0 Å². The van der Waals surface area contributed by atoms with Gasteiger partial charge >= 0.3 is 0 Å². The molecule has 0 amide bonds. The van der Waals surface area contributed by atoms with Gasteiger partial charge in [-0.3, -0.25) is 0 Å². The van der Waals surface area contributed by atoms with E-state index in [1.165, 1.54) is 3.57 Å². The third-order valence-corrected chi connectivity index (χ3v) is 4.39. The van der Waals surface area contributed by atoms with Crippen molar-refractivity contribution in [3.05, 3.63) is 82.4 Å². The fraction of sp³-hybridized carbons (Fsp3) is 0. The van der Waals surface area contributed by atoms with E-state index in [1.807, 2.05) is 66.7 Å². The number of rotatable bonds is 3. The van der Waals surface area contributed by atoms with Gasteiger partial charge in [-0.15, -0.1) is 0 Å². The number of nitrogens with one attached hydrogen (secondary N) is 1.